The number of carbonyl (C=O) groups is 1. The molecule has 1 N–H and O–H groups in total. The van der Waals surface area contributed by atoms with Gasteiger partial charge < -0.3 is 10.2 Å². The van der Waals surface area contributed by atoms with E-state index in [0.717, 1.165) is 29.7 Å². The number of pyridine rings is 1. The van der Waals surface area contributed by atoms with Gasteiger partial charge in [0.2, 0.25) is 0 Å². The van der Waals surface area contributed by atoms with Crippen molar-refractivity contribution in [2.75, 3.05) is 7.11 Å². The van der Waals surface area contributed by atoms with Crippen molar-refractivity contribution < 1.29 is 22.8 Å². The van der Waals surface area contributed by atoms with Crippen LogP contribution < -0.4 is 5.32 Å². The van der Waals surface area contributed by atoms with Gasteiger partial charge in [-0.1, -0.05) is 28.9 Å². The third kappa shape index (κ3) is 5.63. The fraction of sp³-hybridized carbons (Fsp3) is 0.188. The number of aromatic nitrogens is 1. The molecule has 0 radical (unpaired) electrons. The first kappa shape index (κ1) is 20.1. The molecule has 26 heavy (non-hydrogen) atoms. The van der Waals surface area contributed by atoms with Crippen molar-refractivity contribution >= 4 is 35.6 Å². The van der Waals surface area contributed by atoms with Crippen LogP contribution in [0.5, 0.6) is 0 Å². The van der Waals surface area contributed by atoms with E-state index in [4.69, 9.17) is 11.6 Å². The third-order valence-corrected chi connectivity index (χ3v) is 4.41. The number of thioether (sulfide) groups is 1. The fourth-order valence-electron chi connectivity index (χ4n) is 1.83. The minimum Gasteiger partial charge on any atom is -0.398 e. The first-order valence-electron chi connectivity index (χ1n) is 7.11. The number of nitrogens with one attached hydrogen (secondary N) is 1. The standard InChI is InChI=1S/C16H13ClF3N3O2S/c1-25-23-9-22-15(24)14-13(6-11(7-21-14)16(18,19)20)26-8-10-2-4-12(17)5-3-10/h2-7,9H,8H2,1H3,(H,22,23,24). The zero-order valence-electron chi connectivity index (χ0n) is 13.4. The van der Waals surface area contributed by atoms with Gasteiger partial charge in [0.1, 0.15) is 19.1 Å². The summed E-state index contributed by atoms with van der Waals surface area (Å²) in [6.07, 6.45) is -2.96. The van der Waals surface area contributed by atoms with E-state index in [1.54, 1.807) is 24.3 Å². The molecule has 1 aromatic heterocycles. The Morgan fingerprint density at radius 2 is 2.08 bits per heavy atom. The summed E-state index contributed by atoms with van der Waals surface area (Å²) in [6.45, 7) is 0. The molecule has 1 amide bonds. The van der Waals surface area contributed by atoms with Crippen LogP contribution in [0.3, 0.4) is 0 Å². The molecule has 0 saturated heterocycles. The summed E-state index contributed by atoms with van der Waals surface area (Å²) >= 11 is 6.87. The monoisotopic (exact) mass is 403 g/mol. The molecular formula is C16H13ClF3N3O2S. The van der Waals surface area contributed by atoms with Crippen molar-refractivity contribution in [2.24, 2.45) is 5.16 Å². The van der Waals surface area contributed by atoms with Gasteiger partial charge in [0.05, 0.1) is 5.56 Å². The lowest BCUT2D eigenvalue weighted by molar-refractivity contribution is -0.138. The van der Waals surface area contributed by atoms with E-state index >= 15 is 0 Å². The number of nitrogens with zero attached hydrogens (tertiary/aromatic N) is 2. The lowest BCUT2D eigenvalue weighted by Gasteiger charge is -2.12. The normalized spacial score (nSPS) is 11.6. The molecule has 0 aliphatic rings. The van der Waals surface area contributed by atoms with E-state index in [0.29, 0.717) is 17.0 Å². The van der Waals surface area contributed by atoms with E-state index in [1.807, 2.05) is 0 Å². The zero-order valence-corrected chi connectivity index (χ0v) is 15.0. The van der Waals surface area contributed by atoms with Gasteiger partial charge in [-0.15, -0.1) is 11.8 Å². The molecule has 1 aromatic carbocycles. The molecule has 0 fully saturated rings. The lowest BCUT2D eigenvalue weighted by Crippen LogP contribution is -2.24. The predicted octanol–water partition coefficient (Wildman–Crippen LogP) is 4.37. The van der Waals surface area contributed by atoms with Crippen molar-refractivity contribution in [2.45, 2.75) is 16.8 Å². The van der Waals surface area contributed by atoms with E-state index in [-0.39, 0.29) is 10.6 Å². The summed E-state index contributed by atoms with van der Waals surface area (Å²) in [5, 5.41) is 6.17. The number of alkyl halides is 3. The molecule has 5 nitrogen and oxygen atoms in total. The Hall–Kier alpha value is -2.26. The molecule has 138 valence electrons. The van der Waals surface area contributed by atoms with Crippen LogP contribution in [0.4, 0.5) is 13.2 Å². The average Bonchev–Trinajstić information content (AvgIpc) is 2.60. The molecule has 0 aliphatic heterocycles. The SMILES string of the molecule is CO/N=C/NC(=O)c1ncc(C(F)(F)F)cc1SCc1ccc(Cl)cc1. The predicted molar refractivity (Wildman–Crippen MR) is 93.2 cm³/mol. The number of amides is 1. The van der Waals surface area contributed by atoms with Crippen molar-refractivity contribution in [3.05, 3.63) is 58.4 Å². The number of halogens is 4. The Morgan fingerprint density at radius 1 is 1.38 bits per heavy atom. The van der Waals surface area contributed by atoms with Gasteiger partial charge in [-0.05, 0) is 23.8 Å². The molecule has 0 spiro atoms. The van der Waals surface area contributed by atoms with Crippen LogP contribution in [-0.4, -0.2) is 24.3 Å². The number of hydrogen-bond acceptors (Lipinski definition) is 5. The largest absolute Gasteiger partial charge is 0.417 e. The summed E-state index contributed by atoms with van der Waals surface area (Å²) in [4.78, 5) is 20.3. The quantitative estimate of drug-likeness (QED) is 0.337. The average molecular weight is 404 g/mol. The van der Waals surface area contributed by atoms with Crippen molar-refractivity contribution in [3.8, 4) is 0 Å². The Morgan fingerprint density at radius 3 is 2.69 bits per heavy atom. The van der Waals surface area contributed by atoms with Gasteiger partial charge in [0, 0.05) is 21.9 Å². The second-order valence-electron chi connectivity index (χ2n) is 4.87. The van der Waals surface area contributed by atoms with Crippen molar-refractivity contribution in [1.82, 2.24) is 10.3 Å². The summed E-state index contributed by atoms with van der Waals surface area (Å²) < 4.78 is 38.9. The van der Waals surface area contributed by atoms with Crippen LogP contribution in [0.2, 0.25) is 5.02 Å². The molecule has 0 saturated carbocycles. The molecule has 2 aromatic rings. The second-order valence-corrected chi connectivity index (χ2v) is 6.33. The molecule has 1 heterocycles. The highest BCUT2D eigenvalue weighted by Crippen LogP contribution is 2.33. The number of hydrogen-bond donors (Lipinski definition) is 1. The van der Waals surface area contributed by atoms with Crippen LogP contribution in [0.1, 0.15) is 21.6 Å². The first-order chi connectivity index (χ1) is 12.3. The molecule has 0 atom stereocenters. The highest BCUT2D eigenvalue weighted by molar-refractivity contribution is 7.98. The van der Waals surface area contributed by atoms with Gasteiger partial charge in [-0.3, -0.25) is 4.79 Å². The minimum absolute atomic E-state index is 0.0955. The highest BCUT2D eigenvalue weighted by atomic mass is 35.5. The van der Waals surface area contributed by atoms with Crippen LogP contribution in [0, 0.1) is 0 Å². The fourth-order valence-corrected chi connectivity index (χ4v) is 2.96. The van der Waals surface area contributed by atoms with E-state index < -0.39 is 17.6 Å². The third-order valence-electron chi connectivity index (χ3n) is 3.06. The van der Waals surface area contributed by atoms with Gasteiger partial charge in [0.15, 0.2) is 0 Å². The Bertz CT molecular complexity index is 798. The topological polar surface area (TPSA) is 63.6 Å². The van der Waals surface area contributed by atoms with Crippen LogP contribution >= 0.6 is 23.4 Å². The summed E-state index contributed by atoms with van der Waals surface area (Å²) in [7, 11) is 1.28. The second kappa shape index (κ2) is 8.91. The number of carbonyl (C=O) groups excluding carboxylic acids is 1. The van der Waals surface area contributed by atoms with Crippen LogP contribution in [0.15, 0.2) is 46.6 Å². The Labute approximate surface area is 156 Å². The van der Waals surface area contributed by atoms with Gasteiger partial charge >= 0.3 is 6.18 Å². The molecule has 10 heteroatoms. The number of oxime groups is 1. The van der Waals surface area contributed by atoms with Crippen molar-refractivity contribution in [1.29, 1.82) is 0 Å². The van der Waals surface area contributed by atoms with Gasteiger partial charge in [-0.2, -0.15) is 13.2 Å². The molecule has 0 unspecified atom stereocenters. The molecule has 0 bridgehead atoms. The summed E-state index contributed by atoms with van der Waals surface area (Å²) in [6, 6.07) is 7.76. The minimum atomic E-state index is -4.56. The lowest BCUT2D eigenvalue weighted by atomic mass is 10.2. The Kier molecular flexibility index (Phi) is 6.87. The zero-order chi connectivity index (χ0) is 19.2. The number of benzene rings is 1. The maximum Gasteiger partial charge on any atom is 0.417 e. The van der Waals surface area contributed by atoms with Crippen LogP contribution in [0.25, 0.3) is 0 Å². The number of rotatable bonds is 6. The summed E-state index contributed by atoms with van der Waals surface area (Å²) in [5.41, 5.74) is -0.234. The van der Waals surface area contributed by atoms with Gasteiger partial charge in [-0.25, -0.2) is 4.98 Å². The Balaban J connectivity index is 2.27. The maximum atomic E-state index is 13.0. The van der Waals surface area contributed by atoms with E-state index in [9.17, 15) is 18.0 Å². The smallest absolute Gasteiger partial charge is 0.398 e. The maximum absolute atomic E-state index is 13.0. The van der Waals surface area contributed by atoms with Crippen molar-refractivity contribution in [3.63, 3.8) is 0 Å². The molecular weight excluding hydrogens is 391 g/mol. The van der Waals surface area contributed by atoms with Gasteiger partial charge in [0.25, 0.3) is 5.91 Å². The molecule has 0 aliphatic carbocycles. The highest BCUT2D eigenvalue weighted by Gasteiger charge is 2.32. The van der Waals surface area contributed by atoms with E-state index in [1.165, 1.54) is 7.11 Å². The van der Waals surface area contributed by atoms with Crippen LogP contribution in [-0.2, 0) is 16.8 Å². The summed E-state index contributed by atoms with van der Waals surface area (Å²) in [5.74, 6) is -0.356. The molecule has 2 rings (SSSR count). The first-order valence-corrected chi connectivity index (χ1v) is 8.48. The van der Waals surface area contributed by atoms with E-state index in [2.05, 4.69) is 20.3 Å².